The lowest BCUT2D eigenvalue weighted by atomic mass is 10.0. The van der Waals surface area contributed by atoms with Crippen LogP contribution in [0.3, 0.4) is 0 Å². The van der Waals surface area contributed by atoms with Gasteiger partial charge in [-0.15, -0.1) is 10.2 Å². The molecule has 20 heteroatoms. The summed E-state index contributed by atoms with van der Waals surface area (Å²) in [5, 5.41) is 16.4. The first-order valence-corrected chi connectivity index (χ1v) is 21.3. The predicted octanol–water partition coefficient (Wildman–Crippen LogP) is 2.24. The van der Waals surface area contributed by atoms with Gasteiger partial charge in [0.1, 0.15) is 11.9 Å². The van der Waals surface area contributed by atoms with Crippen molar-refractivity contribution in [3.8, 4) is 0 Å². The lowest BCUT2D eigenvalue weighted by Crippen LogP contribution is -2.54. The van der Waals surface area contributed by atoms with Crippen LogP contribution in [0.2, 0.25) is 0 Å². The van der Waals surface area contributed by atoms with Crippen molar-refractivity contribution in [3.05, 3.63) is 59.0 Å². The third-order valence-corrected chi connectivity index (χ3v) is 12.5. The molecule has 328 valence electrons. The number of carbonyl (C=O) groups excluding carboxylic acids is 6. The number of carbonyl (C=O) groups is 6. The molecule has 8 rings (SSSR count). The number of aromatic nitrogens is 3. The number of nitrogens with one attached hydrogen (secondary N) is 3. The number of nitrogens with zero attached hydrogens (tertiary/aromatic N) is 9. The lowest BCUT2D eigenvalue weighted by Gasteiger charge is -2.37. The third-order valence-electron chi connectivity index (χ3n) is 12.5. The Bertz CT molecular complexity index is 2270. The van der Waals surface area contributed by atoms with Crippen LogP contribution in [0.15, 0.2) is 36.4 Å². The van der Waals surface area contributed by atoms with Crippen molar-refractivity contribution in [2.45, 2.75) is 57.5 Å². The number of fused-ring (bicyclic) bond motifs is 1. The smallest absolute Gasteiger partial charge is 0.320 e. The maximum atomic E-state index is 15.7. The number of imide groups is 2. The molecule has 0 saturated carbocycles. The Balaban J connectivity index is 0.839. The number of primary amides is 1. The van der Waals surface area contributed by atoms with E-state index < -0.39 is 41.4 Å². The Kier molecular flexibility index (Phi) is 12.2. The fourth-order valence-electron chi connectivity index (χ4n) is 9.06. The van der Waals surface area contributed by atoms with Gasteiger partial charge in [-0.25, -0.2) is 9.18 Å². The molecule has 5 aliphatic heterocycles. The first-order valence-electron chi connectivity index (χ1n) is 21.3. The molecule has 1 unspecified atom stereocenters. The standard InChI is InChI=1S/C42H52FN13O6/c1-3-4-5-28(55-19-14-51(2)42(55)62)22-45-41-48-37(35(36(44)58)49-50-41)46-26-6-9-32(31(43)20-26)53-17-15-52(16-18-53)23-25-12-13-54(24-25)27-7-8-29-30(21-27)40(61)56(39(29)60)33-10-11-34(57)47-38(33)59/h6-9,20-21,25,28,33H,3-5,10-19,22-24H2,1-2H3,(H2,44,58)(H,47,57,59)(H2,45,46,48,50)/t25-,28+,33?/m0/s1. The zero-order chi connectivity index (χ0) is 43.7. The van der Waals surface area contributed by atoms with E-state index in [2.05, 4.69) is 47.9 Å². The summed E-state index contributed by atoms with van der Waals surface area (Å²) >= 11 is 0. The quantitative estimate of drug-likeness (QED) is 0.161. The van der Waals surface area contributed by atoms with Crippen molar-refractivity contribution in [2.75, 3.05) is 92.9 Å². The third kappa shape index (κ3) is 8.68. The van der Waals surface area contributed by atoms with Crippen LogP contribution in [0.5, 0.6) is 0 Å². The Labute approximate surface area is 358 Å². The molecule has 7 amide bonds. The molecule has 19 nitrogen and oxygen atoms in total. The van der Waals surface area contributed by atoms with E-state index in [4.69, 9.17) is 5.73 Å². The number of amides is 7. The Morgan fingerprint density at radius 2 is 1.73 bits per heavy atom. The largest absolute Gasteiger partial charge is 0.371 e. The van der Waals surface area contributed by atoms with Gasteiger partial charge in [0.05, 0.1) is 22.9 Å². The summed E-state index contributed by atoms with van der Waals surface area (Å²) in [5.74, 6) is -2.84. The van der Waals surface area contributed by atoms with Crippen LogP contribution in [0.1, 0.15) is 76.7 Å². The first kappa shape index (κ1) is 42.3. The molecule has 4 saturated heterocycles. The minimum absolute atomic E-state index is 0.0262. The molecular weight excluding hydrogens is 802 g/mol. The number of hydrogen-bond donors (Lipinski definition) is 4. The lowest BCUT2D eigenvalue weighted by molar-refractivity contribution is -0.136. The number of unbranched alkanes of at least 4 members (excludes halogenated alkanes) is 1. The van der Waals surface area contributed by atoms with Gasteiger partial charge in [0, 0.05) is 90.3 Å². The molecule has 4 fully saturated rings. The summed E-state index contributed by atoms with van der Waals surface area (Å²) in [6.07, 6.45) is 3.84. The van der Waals surface area contributed by atoms with Gasteiger partial charge in [-0.1, -0.05) is 19.8 Å². The monoisotopic (exact) mass is 853 g/mol. The molecule has 1 aromatic heterocycles. The number of anilines is 5. The number of halogens is 1. The van der Waals surface area contributed by atoms with E-state index in [1.807, 2.05) is 15.9 Å². The highest BCUT2D eigenvalue weighted by Gasteiger charge is 2.45. The van der Waals surface area contributed by atoms with E-state index in [0.717, 1.165) is 69.0 Å². The molecule has 3 atom stereocenters. The van der Waals surface area contributed by atoms with Crippen LogP contribution in [0.4, 0.5) is 38.0 Å². The fraction of sp³-hybridized carbons (Fsp3) is 0.500. The second kappa shape index (κ2) is 17.9. The summed E-state index contributed by atoms with van der Waals surface area (Å²) in [6, 6.07) is 8.86. The summed E-state index contributed by atoms with van der Waals surface area (Å²) < 4.78 is 15.7. The maximum Gasteiger partial charge on any atom is 0.320 e. The van der Waals surface area contributed by atoms with Gasteiger partial charge >= 0.3 is 6.03 Å². The van der Waals surface area contributed by atoms with Gasteiger partial charge in [-0.3, -0.25) is 39.1 Å². The van der Waals surface area contributed by atoms with E-state index in [1.165, 1.54) is 6.07 Å². The normalized spacial score (nSPS) is 21.2. The Morgan fingerprint density at radius 3 is 2.44 bits per heavy atom. The van der Waals surface area contributed by atoms with Crippen molar-refractivity contribution in [3.63, 3.8) is 0 Å². The first-order chi connectivity index (χ1) is 29.9. The average Bonchev–Trinajstić information content (AvgIpc) is 3.93. The van der Waals surface area contributed by atoms with Crippen LogP contribution in [0.25, 0.3) is 0 Å². The van der Waals surface area contributed by atoms with Crippen molar-refractivity contribution in [2.24, 2.45) is 11.7 Å². The van der Waals surface area contributed by atoms with Gasteiger partial charge in [-0.2, -0.15) is 4.98 Å². The summed E-state index contributed by atoms with van der Waals surface area (Å²) in [6.45, 7) is 8.92. The SMILES string of the molecule is CCCC[C@H](CNc1nnc(C(N)=O)c(Nc2ccc(N3CCN(C[C@@H]4CCN(c5ccc6c(c5)C(=O)N(C5CCC(=O)NC5=O)C6=O)C4)CC3)c(F)c2)n1)N1CCN(C)C1=O. The minimum atomic E-state index is -1.01. The van der Waals surface area contributed by atoms with Crippen LogP contribution in [-0.2, 0) is 9.59 Å². The molecular formula is C42H52FN13O6. The number of urea groups is 1. The number of piperidine rings is 1. The van der Waals surface area contributed by atoms with E-state index >= 15 is 4.39 Å². The number of nitrogens with two attached hydrogens (primary N) is 1. The Morgan fingerprint density at radius 1 is 0.935 bits per heavy atom. The number of hydrogen-bond acceptors (Lipinski definition) is 14. The van der Waals surface area contributed by atoms with E-state index in [9.17, 15) is 28.8 Å². The van der Waals surface area contributed by atoms with Gasteiger partial charge in [-0.05, 0) is 61.6 Å². The maximum absolute atomic E-state index is 15.7. The molecule has 62 heavy (non-hydrogen) atoms. The number of likely N-dealkylation sites (N-methyl/N-ethyl adjacent to an activating group) is 1. The molecule has 0 aliphatic carbocycles. The number of rotatable bonds is 15. The van der Waals surface area contributed by atoms with Gasteiger partial charge in [0.2, 0.25) is 17.8 Å². The molecule has 6 heterocycles. The van der Waals surface area contributed by atoms with E-state index in [1.54, 1.807) is 36.2 Å². The fourth-order valence-corrected chi connectivity index (χ4v) is 9.06. The molecule has 5 N–H and O–H groups in total. The van der Waals surface area contributed by atoms with Crippen LogP contribution in [0, 0.1) is 11.7 Å². The summed E-state index contributed by atoms with van der Waals surface area (Å²) in [7, 11) is 1.78. The second-order valence-electron chi connectivity index (χ2n) is 16.6. The minimum Gasteiger partial charge on any atom is -0.371 e. The van der Waals surface area contributed by atoms with Crippen LogP contribution >= 0.6 is 0 Å². The average molecular weight is 854 g/mol. The van der Waals surface area contributed by atoms with Crippen LogP contribution in [-0.4, -0.2) is 155 Å². The molecule has 0 bridgehead atoms. The highest BCUT2D eigenvalue weighted by molar-refractivity contribution is 6.23. The van der Waals surface area contributed by atoms with Gasteiger partial charge < -0.3 is 36.0 Å². The molecule has 0 spiro atoms. The van der Waals surface area contributed by atoms with Crippen LogP contribution < -0.4 is 31.5 Å². The molecule has 0 radical (unpaired) electrons. The molecule has 5 aliphatic rings. The van der Waals surface area contributed by atoms with Gasteiger partial charge in [0.25, 0.3) is 17.7 Å². The van der Waals surface area contributed by atoms with E-state index in [0.29, 0.717) is 50.0 Å². The number of piperazine rings is 1. The molecule has 2 aromatic carbocycles. The molecule has 3 aromatic rings. The summed E-state index contributed by atoms with van der Waals surface area (Å²) in [4.78, 5) is 91.2. The topological polar surface area (TPSA) is 223 Å². The van der Waals surface area contributed by atoms with Crippen molar-refractivity contribution in [1.82, 2.24) is 40.1 Å². The highest BCUT2D eigenvalue weighted by Crippen LogP contribution is 2.33. The van der Waals surface area contributed by atoms with Crippen molar-refractivity contribution >= 4 is 64.4 Å². The zero-order valence-electron chi connectivity index (χ0n) is 34.9. The zero-order valence-corrected chi connectivity index (χ0v) is 34.9. The van der Waals surface area contributed by atoms with Crippen molar-refractivity contribution < 1.29 is 33.2 Å². The van der Waals surface area contributed by atoms with E-state index in [-0.39, 0.29) is 53.5 Å². The van der Waals surface area contributed by atoms with Gasteiger partial charge in [0.15, 0.2) is 11.5 Å². The summed E-state index contributed by atoms with van der Waals surface area (Å²) in [5.41, 5.74) is 7.57. The second-order valence-corrected chi connectivity index (χ2v) is 16.6. The van der Waals surface area contributed by atoms with Crippen molar-refractivity contribution in [1.29, 1.82) is 0 Å². The number of benzene rings is 2. The predicted molar refractivity (Wildman–Crippen MR) is 227 cm³/mol. The highest BCUT2D eigenvalue weighted by atomic mass is 19.1. The Hall–Kier alpha value is -6.44.